The summed E-state index contributed by atoms with van der Waals surface area (Å²) in [4.78, 5) is 29.6. The SMILES string of the molecule is C[C@H](NC(=O)[C@H]1C[C@@H](c2ccccc2)CN1)C(=O)N[C@@H]1CCc2nc(N)ccc21. The molecular formula is C22H27N5O2. The fourth-order valence-corrected chi connectivity index (χ4v) is 4.22. The molecule has 4 rings (SSSR count). The van der Waals surface area contributed by atoms with Gasteiger partial charge >= 0.3 is 0 Å². The summed E-state index contributed by atoms with van der Waals surface area (Å²) < 4.78 is 0. The zero-order valence-corrected chi connectivity index (χ0v) is 16.5. The minimum absolute atomic E-state index is 0.0861. The van der Waals surface area contributed by atoms with Gasteiger partial charge in [0.25, 0.3) is 0 Å². The van der Waals surface area contributed by atoms with Crippen molar-refractivity contribution >= 4 is 17.6 Å². The first-order valence-corrected chi connectivity index (χ1v) is 10.2. The number of amides is 2. The third-order valence-electron chi connectivity index (χ3n) is 5.86. The number of pyridine rings is 1. The number of nitrogen functional groups attached to an aromatic ring is 1. The zero-order chi connectivity index (χ0) is 20.4. The van der Waals surface area contributed by atoms with Crippen molar-refractivity contribution in [3.8, 4) is 0 Å². The molecule has 7 heteroatoms. The minimum atomic E-state index is -0.606. The summed E-state index contributed by atoms with van der Waals surface area (Å²) in [6.45, 7) is 2.48. The number of aryl methyl sites for hydroxylation is 1. The third kappa shape index (κ3) is 4.24. The van der Waals surface area contributed by atoms with Gasteiger partial charge in [-0.2, -0.15) is 0 Å². The molecule has 2 aromatic rings. The normalized spacial score (nSPS) is 24.0. The van der Waals surface area contributed by atoms with Gasteiger partial charge in [-0.15, -0.1) is 0 Å². The molecule has 0 saturated carbocycles. The van der Waals surface area contributed by atoms with E-state index in [1.54, 1.807) is 13.0 Å². The Morgan fingerprint density at radius 2 is 2.00 bits per heavy atom. The second-order valence-electron chi connectivity index (χ2n) is 7.91. The number of aromatic nitrogens is 1. The highest BCUT2D eigenvalue weighted by atomic mass is 16.2. The van der Waals surface area contributed by atoms with E-state index in [-0.39, 0.29) is 23.9 Å². The first-order valence-electron chi connectivity index (χ1n) is 10.2. The van der Waals surface area contributed by atoms with Crippen molar-refractivity contribution < 1.29 is 9.59 Å². The zero-order valence-electron chi connectivity index (χ0n) is 16.5. The maximum atomic E-state index is 12.6. The van der Waals surface area contributed by atoms with Gasteiger partial charge < -0.3 is 21.7 Å². The molecule has 1 saturated heterocycles. The van der Waals surface area contributed by atoms with Crippen molar-refractivity contribution in [3.05, 3.63) is 59.3 Å². The van der Waals surface area contributed by atoms with Crippen LogP contribution in [0.15, 0.2) is 42.5 Å². The van der Waals surface area contributed by atoms with Gasteiger partial charge in [0.05, 0.1) is 12.1 Å². The molecule has 0 bridgehead atoms. The van der Waals surface area contributed by atoms with Crippen molar-refractivity contribution in [2.45, 2.75) is 50.2 Å². The highest BCUT2D eigenvalue weighted by Gasteiger charge is 2.32. The summed E-state index contributed by atoms with van der Waals surface area (Å²) in [5.74, 6) is 0.484. The number of fused-ring (bicyclic) bond motifs is 1. The Morgan fingerprint density at radius 1 is 1.21 bits per heavy atom. The Bertz CT molecular complexity index is 901. The van der Waals surface area contributed by atoms with Crippen molar-refractivity contribution in [3.63, 3.8) is 0 Å². The predicted octanol–water partition coefficient (Wildman–Crippen LogP) is 1.42. The Hall–Kier alpha value is -2.93. The summed E-state index contributed by atoms with van der Waals surface area (Å²) >= 11 is 0. The van der Waals surface area contributed by atoms with Crippen molar-refractivity contribution in [1.29, 1.82) is 0 Å². The number of nitrogens with two attached hydrogens (primary N) is 1. The summed E-state index contributed by atoms with van der Waals surface area (Å²) in [6, 6.07) is 12.9. The van der Waals surface area contributed by atoms with Crippen LogP contribution in [-0.4, -0.2) is 35.4 Å². The van der Waals surface area contributed by atoms with E-state index in [4.69, 9.17) is 5.73 Å². The Morgan fingerprint density at radius 3 is 2.79 bits per heavy atom. The molecule has 2 aliphatic rings. The minimum Gasteiger partial charge on any atom is -0.384 e. The predicted molar refractivity (Wildman–Crippen MR) is 111 cm³/mol. The fourth-order valence-electron chi connectivity index (χ4n) is 4.22. The number of anilines is 1. The van der Waals surface area contributed by atoms with E-state index in [1.165, 1.54) is 5.56 Å². The van der Waals surface area contributed by atoms with Crippen molar-refractivity contribution in [2.75, 3.05) is 12.3 Å². The van der Waals surface area contributed by atoms with Gasteiger partial charge in [-0.3, -0.25) is 9.59 Å². The molecule has 1 aromatic heterocycles. The summed E-state index contributed by atoms with van der Waals surface area (Å²) in [7, 11) is 0. The van der Waals surface area contributed by atoms with Crippen molar-refractivity contribution in [1.82, 2.24) is 20.9 Å². The maximum Gasteiger partial charge on any atom is 0.242 e. The molecule has 29 heavy (non-hydrogen) atoms. The van der Waals surface area contributed by atoms with Crippen LogP contribution in [0.4, 0.5) is 5.82 Å². The van der Waals surface area contributed by atoms with E-state index in [0.29, 0.717) is 11.7 Å². The van der Waals surface area contributed by atoms with Crippen LogP contribution >= 0.6 is 0 Å². The van der Waals surface area contributed by atoms with Gasteiger partial charge in [-0.25, -0.2) is 4.98 Å². The molecule has 7 nitrogen and oxygen atoms in total. The quantitative estimate of drug-likeness (QED) is 0.614. The van der Waals surface area contributed by atoms with E-state index < -0.39 is 6.04 Å². The molecule has 1 aromatic carbocycles. The maximum absolute atomic E-state index is 12.6. The van der Waals surface area contributed by atoms with E-state index in [9.17, 15) is 9.59 Å². The Balaban J connectivity index is 1.30. The van der Waals surface area contributed by atoms with Crippen LogP contribution in [0.5, 0.6) is 0 Å². The smallest absolute Gasteiger partial charge is 0.242 e. The van der Waals surface area contributed by atoms with Gasteiger partial charge in [-0.1, -0.05) is 36.4 Å². The highest BCUT2D eigenvalue weighted by Crippen LogP contribution is 2.30. The monoisotopic (exact) mass is 393 g/mol. The molecule has 152 valence electrons. The van der Waals surface area contributed by atoms with Gasteiger partial charge in [0.15, 0.2) is 0 Å². The molecule has 4 atom stereocenters. The number of carbonyl (C=O) groups excluding carboxylic acids is 2. The molecule has 0 spiro atoms. The van der Waals surface area contributed by atoms with E-state index in [0.717, 1.165) is 37.1 Å². The van der Waals surface area contributed by atoms with Crippen LogP contribution in [0.3, 0.4) is 0 Å². The van der Waals surface area contributed by atoms with Crippen LogP contribution in [-0.2, 0) is 16.0 Å². The lowest BCUT2D eigenvalue weighted by Gasteiger charge is -2.20. The first kappa shape index (κ1) is 19.4. The average Bonchev–Trinajstić information content (AvgIpc) is 3.36. The molecule has 2 heterocycles. The standard InChI is InChI=1S/C22H27N5O2/c1-13(21(28)27-18-9-8-17-16(18)7-10-20(23)26-17)25-22(29)19-11-15(12-24-19)14-5-3-2-4-6-14/h2-7,10,13,15,18-19,24H,8-9,11-12H2,1H3,(H2,23,26)(H,25,29)(H,27,28)/t13-,15+,18+,19+/m0/s1. The molecule has 0 unspecified atom stereocenters. The lowest BCUT2D eigenvalue weighted by atomic mass is 9.96. The van der Waals surface area contributed by atoms with Crippen LogP contribution in [0, 0.1) is 0 Å². The molecule has 0 radical (unpaired) electrons. The number of carbonyl (C=O) groups is 2. The van der Waals surface area contributed by atoms with E-state index >= 15 is 0 Å². The van der Waals surface area contributed by atoms with E-state index in [2.05, 4.69) is 33.1 Å². The lowest BCUT2D eigenvalue weighted by molar-refractivity contribution is -0.129. The molecular weight excluding hydrogens is 366 g/mol. The third-order valence-corrected chi connectivity index (χ3v) is 5.86. The average molecular weight is 393 g/mol. The van der Waals surface area contributed by atoms with Gasteiger partial charge in [0.1, 0.15) is 11.9 Å². The van der Waals surface area contributed by atoms with Crippen LogP contribution in [0.25, 0.3) is 0 Å². The summed E-state index contributed by atoms with van der Waals surface area (Å²) in [5, 5.41) is 9.16. The van der Waals surface area contributed by atoms with E-state index in [1.807, 2.05) is 24.3 Å². The van der Waals surface area contributed by atoms with Crippen LogP contribution < -0.4 is 21.7 Å². The molecule has 1 aliphatic heterocycles. The number of nitrogens with zero attached hydrogens (tertiary/aromatic N) is 1. The number of hydrogen-bond donors (Lipinski definition) is 4. The molecule has 5 N–H and O–H groups in total. The molecule has 1 aliphatic carbocycles. The van der Waals surface area contributed by atoms with Gasteiger partial charge in [0.2, 0.25) is 11.8 Å². The molecule has 2 amide bonds. The topological polar surface area (TPSA) is 109 Å². The second kappa shape index (κ2) is 8.21. The number of nitrogens with one attached hydrogen (secondary N) is 3. The summed E-state index contributed by atoms with van der Waals surface area (Å²) in [5.41, 5.74) is 8.91. The van der Waals surface area contributed by atoms with Crippen LogP contribution in [0.1, 0.15) is 48.5 Å². The second-order valence-corrected chi connectivity index (χ2v) is 7.91. The lowest BCUT2D eigenvalue weighted by Crippen LogP contribution is -2.50. The highest BCUT2D eigenvalue weighted by molar-refractivity contribution is 5.90. The summed E-state index contributed by atoms with van der Waals surface area (Å²) in [6.07, 6.45) is 2.31. The molecule has 1 fully saturated rings. The van der Waals surface area contributed by atoms with Gasteiger partial charge in [0, 0.05) is 12.2 Å². The first-order chi connectivity index (χ1) is 14.0. The number of hydrogen-bond acceptors (Lipinski definition) is 5. The Kier molecular flexibility index (Phi) is 5.49. The van der Waals surface area contributed by atoms with Gasteiger partial charge in [-0.05, 0) is 49.3 Å². The Labute approximate surface area is 170 Å². The number of benzene rings is 1. The number of rotatable bonds is 5. The largest absolute Gasteiger partial charge is 0.384 e. The van der Waals surface area contributed by atoms with Crippen molar-refractivity contribution in [2.24, 2.45) is 0 Å². The fraction of sp³-hybridized carbons (Fsp3) is 0.409. The van der Waals surface area contributed by atoms with Crippen LogP contribution in [0.2, 0.25) is 0 Å².